The molecule has 1 aromatic heterocycles. The fraction of sp³-hybridized carbons (Fsp3) is 0.500. The summed E-state index contributed by atoms with van der Waals surface area (Å²) >= 11 is 5.05. The first-order valence-electron chi connectivity index (χ1n) is 6.75. The van der Waals surface area contributed by atoms with Crippen molar-refractivity contribution in [3.63, 3.8) is 0 Å². The number of nitrogens with two attached hydrogens (primary N) is 1. The second-order valence-corrected chi connectivity index (χ2v) is 5.57. The van der Waals surface area contributed by atoms with Crippen molar-refractivity contribution >= 4 is 28.9 Å². The van der Waals surface area contributed by atoms with E-state index < -0.39 is 0 Å². The first-order chi connectivity index (χ1) is 9.49. The van der Waals surface area contributed by atoms with Crippen molar-refractivity contribution in [3.05, 3.63) is 23.4 Å². The molecule has 0 aromatic carbocycles. The molecule has 0 atom stereocenters. The normalized spacial score (nSPS) is 14.4. The lowest BCUT2D eigenvalue weighted by Crippen LogP contribution is -2.38. The van der Waals surface area contributed by atoms with E-state index in [2.05, 4.69) is 4.98 Å². The standard InChI is InChI=1S/C14H20N4OS/c1-10-5-6-11(13(15)20)14(16-10)17(2)9-12(19)18-7-3-4-8-18/h5-6H,3-4,7-9H2,1-2H3,(H2,15,20). The van der Waals surface area contributed by atoms with E-state index in [4.69, 9.17) is 18.0 Å². The monoisotopic (exact) mass is 292 g/mol. The summed E-state index contributed by atoms with van der Waals surface area (Å²) in [5.41, 5.74) is 7.31. The fourth-order valence-electron chi connectivity index (χ4n) is 2.37. The molecular formula is C14H20N4OS. The smallest absolute Gasteiger partial charge is 0.242 e. The van der Waals surface area contributed by atoms with Gasteiger partial charge in [0.2, 0.25) is 5.91 Å². The number of carbonyl (C=O) groups is 1. The number of rotatable bonds is 4. The van der Waals surface area contributed by atoms with Crippen LogP contribution in [0.25, 0.3) is 0 Å². The Bertz CT molecular complexity index is 526. The molecule has 1 saturated heterocycles. The van der Waals surface area contributed by atoms with Gasteiger partial charge in [0.15, 0.2) is 0 Å². The summed E-state index contributed by atoms with van der Waals surface area (Å²) in [5.74, 6) is 0.798. The minimum absolute atomic E-state index is 0.127. The van der Waals surface area contributed by atoms with Crippen LogP contribution >= 0.6 is 12.2 Å². The molecule has 1 amide bonds. The van der Waals surface area contributed by atoms with E-state index in [1.165, 1.54) is 0 Å². The van der Waals surface area contributed by atoms with Crippen molar-refractivity contribution in [2.24, 2.45) is 5.73 Å². The molecule has 2 rings (SSSR count). The Hall–Kier alpha value is -1.69. The maximum atomic E-state index is 12.2. The molecule has 1 aromatic rings. The van der Waals surface area contributed by atoms with E-state index in [1.807, 2.05) is 35.9 Å². The largest absolute Gasteiger partial charge is 0.389 e. The number of hydrogen-bond donors (Lipinski definition) is 1. The van der Waals surface area contributed by atoms with Gasteiger partial charge in [0, 0.05) is 25.8 Å². The molecule has 0 aliphatic carbocycles. The SMILES string of the molecule is Cc1ccc(C(N)=S)c(N(C)CC(=O)N2CCCC2)n1. The summed E-state index contributed by atoms with van der Waals surface area (Å²) in [6, 6.07) is 3.73. The summed E-state index contributed by atoms with van der Waals surface area (Å²) < 4.78 is 0. The molecule has 1 aliphatic rings. The van der Waals surface area contributed by atoms with Gasteiger partial charge in [-0.3, -0.25) is 4.79 Å². The van der Waals surface area contributed by atoms with E-state index in [1.54, 1.807) is 0 Å². The van der Waals surface area contributed by atoms with Gasteiger partial charge in [0.05, 0.1) is 12.1 Å². The van der Waals surface area contributed by atoms with Crippen LogP contribution in [0.3, 0.4) is 0 Å². The molecule has 0 bridgehead atoms. The van der Waals surface area contributed by atoms with E-state index in [0.29, 0.717) is 22.9 Å². The van der Waals surface area contributed by atoms with Crippen molar-refractivity contribution in [1.29, 1.82) is 0 Å². The highest BCUT2D eigenvalue weighted by Crippen LogP contribution is 2.18. The Labute approximate surface area is 124 Å². The van der Waals surface area contributed by atoms with E-state index >= 15 is 0 Å². The van der Waals surface area contributed by atoms with Crippen molar-refractivity contribution in [1.82, 2.24) is 9.88 Å². The lowest BCUT2D eigenvalue weighted by atomic mass is 10.2. The predicted octanol–water partition coefficient (Wildman–Crippen LogP) is 1.08. The summed E-state index contributed by atoms with van der Waals surface area (Å²) in [7, 11) is 1.84. The van der Waals surface area contributed by atoms with Gasteiger partial charge in [0.1, 0.15) is 10.8 Å². The molecule has 5 nitrogen and oxygen atoms in total. The number of anilines is 1. The lowest BCUT2D eigenvalue weighted by Gasteiger charge is -2.24. The van der Waals surface area contributed by atoms with Crippen LogP contribution in [0.4, 0.5) is 5.82 Å². The number of aryl methyl sites for hydroxylation is 1. The number of amides is 1. The summed E-state index contributed by atoms with van der Waals surface area (Å²) in [6.07, 6.45) is 2.19. The van der Waals surface area contributed by atoms with E-state index in [0.717, 1.165) is 31.6 Å². The molecule has 1 fully saturated rings. The molecule has 20 heavy (non-hydrogen) atoms. The topological polar surface area (TPSA) is 62.5 Å². The van der Waals surface area contributed by atoms with Gasteiger partial charge in [-0.05, 0) is 31.9 Å². The third-order valence-electron chi connectivity index (χ3n) is 3.47. The molecule has 6 heteroatoms. The summed E-state index contributed by atoms with van der Waals surface area (Å²) in [5, 5.41) is 0. The minimum atomic E-state index is 0.127. The second-order valence-electron chi connectivity index (χ2n) is 5.13. The fourth-order valence-corrected chi connectivity index (χ4v) is 2.53. The predicted molar refractivity (Wildman–Crippen MR) is 83.9 cm³/mol. The highest BCUT2D eigenvalue weighted by Gasteiger charge is 2.21. The first kappa shape index (κ1) is 14.7. The van der Waals surface area contributed by atoms with Gasteiger partial charge in [-0.1, -0.05) is 12.2 Å². The lowest BCUT2D eigenvalue weighted by molar-refractivity contribution is -0.128. The number of carbonyl (C=O) groups excluding carboxylic acids is 1. The highest BCUT2D eigenvalue weighted by molar-refractivity contribution is 7.80. The van der Waals surface area contributed by atoms with Crippen molar-refractivity contribution in [2.45, 2.75) is 19.8 Å². The second kappa shape index (κ2) is 6.17. The van der Waals surface area contributed by atoms with Crippen LogP contribution < -0.4 is 10.6 Å². The zero-order valence-corrected chi connectivity index (χ0v) is 12.7. The van der Waals surface area contributed by atoms with Gasteiger partial charge >= 0.3 is 0 Å². The Morgan fingerprint density at radius 3 is 2.70 bits per heavy atom. The van der Waals surface area contributed by atoms with Crippen molar-refractivity contribution in [3.8, 4) is 0 Å². The van der Waals surface area contributed by atoms with Crippen LogP contribution in [0.2, 0.25) is 0 Å². The maximum Gasteiger partial charge on any atom is 0.242 e. The molecule has 2 N–H and O–H groups in total. The van der Waals surface area contributed by atoms with Gasteiger partial charge in [0.25, 0.3) is 0 Å². The zero-order valence-electron chi connectivity index (χ0n) is 11.9. The maximum absolute atomic E-state index is 12.2. The van der Waals surface area contributed by atoms with Crippen molar-refractivity contribution < 1.29 is 4.79 Å². The molecule has 2 heterocycles. The molecule has 1 aliphatic heterocycles. The molecule has 0 saturated carbocycles. The average molecular weight is 292 g/mol. The Balaban J connectivity index is 2.15. The molecule has 0 spiro atoms. The Morgan fingerprint density at radius 2 is 2.10 bits per heavy atom. The number of hydrogen-bond acceptors (Lipinski definition) is 4. The Morgan fingerprint density at radius 1 is 1.45 bits per heavy atom. The quantitative estimate of drug-likeness (QED) is 0.842. The number of nitrogens with zero attached hydrogens (tertiary/aromatic N) is 3. The number of pyridine rings is 1. The number of likely N-dealkylation sites (tertiary alicyclic amines) is 1. The number of aromatic nitrogens is 1. The Kier molecular flexibility index (Phi) is 4.54. The van der Waals surface area contributed by atoms with Crippen LogP contribution in [-0.2, 0) is 4.79 Å². The molecular weight excluding hydrogens is 272 g/mol. The van der Waals surface area contributed by atoms with Gasteiger partial charge in [-0.15, -0.1) is 0 Å². The first-order valence-corrected chi connectivity index (χ1v) is 7.16. The molecule has 108 valence electrons. The van der Waals surface area contributed by atoms with E-state index in [9.17, 15) is 4.79 Å². The van der Waals surface area contributed by atoms with Crippen LogP contribution in [0.5, 0.6) is 0 Å². The minimum Gasteiger partial charge on any atom is -0.389 e. The highest BCUT2D eigenvalue weighted by atomic mass is 32.1. The summed E-state index contributed by atoms with van der Waals surface area (Å²) in [6.45, 7) is 3.92. The van der Waals surface area contributed by atoms with Crippen molar-refractivity contribution in [2.75, 3.05) is 31.6 Å². The third-order valence-corrected chi connectivity index (χ3v) is 3.69. The van der Waals surface area contributed by atoms with Gasteiger partial charge in [-0.25, -0.2) is 4.98 Å². The summed E-state index contributed by atoms with van der Waals surface area (Å²) in [4.78, 5) is 20.7. The number of likely N-dealkylation sites (N-methyl/N-ethyl adjacent to an activating group) is 1. The van der Waals surface area contributed by atoms with Gasteiger partial charge < -0.3 is 15.5 Å². The van der Waals surface area contributed by atoms with Crippen LogP contribution in [0, 0.1) is 6.92 Å². The molecule has 0 unspecified atom stereocenters. The van der Waals surface area contributed by atoms with Crippen LogP contribution in [0.1, 0.15) is 24.1 Å². The zero-order chi connectivity index (χ0) is 14.7. The average Bonchev–Trinajstić information content (AvgIpc) is 2.92. The third kappa shape index (κ3) is 3.25. The molecule has 0 radical (unpaired) electrons. The number of thiocarbonyl (C=S) groups is 1. The van der Waals surface area contributed by atoms with Crippen LogP contribution in [-0.4, -0.2) is 47.5 Å². The van der Waals surface area contributed by atoms with E-state index in [-0.39, 0.29) is 5.91 Å². The van der Waals surface area contributed by atoms with Crippen LogP contribution in [0.15, 0.2) is 12.1 Å². The van der Waals surface area contributed by atoms with Gasteiger partial charge in [-0.2, -0.15) is 0 Å².